The normalized spacial score (nSPS) is 50.6. The Kier molecular flexibility index (Phi) is 6.61. The van der Waals surface area contributed by atoms with E-state index in [1.165, 1.54) is 70.6 Å². The molecule has 5 rings (SSSR count). The molecule has 2 heteroatoms. The van der Waals surface area contributed by atoms with Gasteiger partial charge in [-0.15, -0.1) is 0 Å². The van der Waals surface area contributed by atoms with E-state index in [9.17, 15) is 0 Å². The Labute approximate surface area is 204 Å². The van der Waals surface area contributed by atoms with Gasteiger partial charge in [0.2, 0.25) is 0 Å². The molecule has 3 saturated carbocycles. The number of allylic oxidation sites excluding steroid dienone is 1. The number of rotatable bonds is 4. The maximum Gasteiger partial charge on any atom is 0.0752 e. The van der Waals surface area contributed by atoms with Crippen molar-refractivity contribution in [3.05, 3.63) is 11.1 Å². The molecule has 1 aliphatic heterocycles. The van der Waals surface area contributed by atoms with Crippen molar-refractivity contribution >= 4 is 0 Å². The Morgan fingerprint density at radius 1 is 1.12 bits per heavy atom. The van der Waals surface area contributed by atoms with Crippen LogP contribution in [0, 0.1) is 46.8 Å². The molecule has 2 nitrogen and oxygen atoms in total. The maximum absolute atomic E-state index is 7.12. The molecule has 0 aromatic heterocycles. The zero-order valence-corrected chi connectivity index (χ0v) is 22.8. The van der Waals surface area contributed by atoms with Crippen molar-refractivity contribution < 1.29 is 9.47 Å². The lowest BCUT2D eigenvalue weighted by Gasteiger charge is -2.54. The molecule has 5 aliphatic rings. The summed E-state index contributed by atoms with van der Waals surface area (Å²) in [5, 5.41) is 0. The fourth-order valence-electron chi connectivity index (χ4n) is 9.69. The van der Waals surface area contributed by atoms with Crippen LogP contribution < -0.4 is 0 Å². The Morgan fingerprint density at radius 2 is 1.91 bits per heavy atom. The van der Waals surface area contributed by atoms with Crippen molar-refractivity contribution in [2.45, 2.75) is 130 Å². The molecular weight excluding hydrogens is 404 g/mol. The highest BCUT2D eigenvalue weighted by atomic mass is 16.5. The predicted octanol–water partition coefficient (Wildman–Crippen LogP) is 8.20. The molecule has 0 N–H and O–H groups in total. The monoisotopic (exact) mass is 456 g/mol. The first kappa shape index (κ1) is 24.4. The second-order valence-corrected chi connectivity index (χ2v) is 13.6. The molecule has 4 fully saturated rings. The van der Waals surface area contributed by atoms with E-state index in [1.807, 2.05) is 12.7 Å². The fourth-order valence-corrected chi connectivity index (χ4v) is 9.69. The molecule has 0 radical (unpaired) electrons. The van der Waals surface area contributed by atoms with Gasteiger partial charge in [-0.2, -0.15) is 0 Å². The van der Waals surface area contributed by atoms with E-state index in [-0.39, 0.29) is 5.60 Å². The number of hydrogen-bond donors (Lipinski definition) is 0. The van der Waals surface area contributed by atoms with Gasteiger partial charge in [0, 0.05) is 7.11 Å². The topological polar surface area (TPSA) is 18.5 Å². The van der Waals surface area contributed by atoms with Gasteiger partial charge in [-0.05, 0) is 118 Å². The van der Waals surface area contributed by atoms with E-state index < -0.39 is 0 Å². The fraction of sp³-hybridized carbons (Fsp3) is 0.935. The van der Waals surface area contributed by atoms with E-state index in [4.69, 9.17) is 9.47 Å². The van der Waals surface area contributed by atoms with Crippen LogP contribution in [0.4, 0.5) is 0 Å². The standard InChI is InChI=1S/C31H52O2/c1-8-19(2)15-29-21(4)22(5)31(33-29)14-12-25-26-10-9-23-16-24(32-7)11-13-30(23,6)28(26)17-27(25)20(3)18-31/h19,21-26,28-29H,8-18H2,1-7H3/t19-,21+,22-,23-,24-,25+,26+,28+,29-,30+,31+/m1/s1. The van der Waals surface area contributed by atoms with E-state index in [0.717, 1.165) is 29.6 Å². The van der Waals surface area contributed by atoms with Gasteiger partial charge < -0.3 is 9.47 Å². The van der Waals surface area contributed by atoms with Crippen LogP contribution in [0.25, 0.3) is 0 Å². The molecular formula is C31H52O2. The lowest BCUT2D eigenvalue weighted by molar-refractivity contribution is -0.0837. The van der Waals surface area contributed by atoms with Crippen molar-refractivity contribution in [3.8, 4) is 0 Å². The van der Waals surface area contributed by atoms with Crippen LogP contribution in [0.3, 0.4) is 0 Å². The summed E-state index contributed by atoms with van der Waals surface area (Å²) in [6.07, 6.45) is 15.6. The third kappa shape index (κ3) is 3.89. The molecule has 11 atom stereocenters. The van der Waals surface area contributed by atoms with E-state index >= 15 is 0 Å². The van der Waals surface area contributed by atoms with Gasteiger partial charge in [0.1, 0.15) is 0 Å². The van der Waals surface area contributed by atoms with Gasteiger partial charge in [-0.3, -0.25) is 0 Å². The number of hydrogen-bond acceptors (Lipinski definition) is 2. The van der Waals surface area contributed by atoms with E-state index in [1.54, 1.807) is 5.57 Å². The van der Waals surface area contributed by atoms with Crippen molar-refractivity contribution in [2.24, 2.45) is 46.8 Å². The lowest BCUT2D eigenvalue weighted by Crippen LogP contribution is -2.47. The van der Waals surface area contributed by atoms with Crippen LogP contribution in [0.5, 0.6) is 0 Å². The molecule has 4 aliphatic carbocycles. The van der Waals surface area contributed by atoms with Gasteiger partial charge in [0.15, 0.2) is 0 Å². The summed E-state index contributed by atoms with van der Waals surface area (Å²) in [6.45, 7) is 14.9. The van der Waals surface area contributed by atoms with Gasteiger partial charge in [-0.25, -0.2) is 0 Å². The van der Waals surface area contributed by atoms with Crippen LogP contribution >= 0.6 is 0 Å². The first-order valence-corrected chi connectivity index (χ1v) is 14.6. The second kappa shape index (κ2) is 8.95. The van der Waals surface area contributed by atoms with Crippen LogP contribution in [0.2, 0.25) is 0 Å². The molecule has 1 saturated heterocycles. The largest absolute Gasteiger partial charge is 0.381 e. The third-order valence-electron chi connectivity index (χ3n) is 12.3. The van der Waals surface area contributed by atoms with Crippen LogP contribution in [0.1, 0.15) is 112 Å². The molecule has 1 spiro atoms. The van der Waals surface area contributed by atoms with Crippen LogP contribution in [0.15, 0.2) is 11.1 Å². The Bertz CT molecular complexity index is 756. The minimum Gasteiger partial charge on any atom is -0.381 e. The predicted molar refractivity (Wildman–Crippen MR) is 137 cm³/mol. The lowest BCUT2D eigenvalue weighted by atomic mass is 9.52. The molecule has 0 aromatic carbocycles. The Morgan fingerprint density at radius 3 is 2.64 bits per heavy atom. The highest BCUT2D eigenvalue weighted by Gasteiger charge is 2.58. The first-order valence-electron chi connectivity index (χ1n) is 14.6. The van der Waals surface area contributed by atoms with Crippen molar-refractivity contribution in [3.63, 3.8) is 0 Å². The zero-order valence-electron chi connectivity index (χ0n) is 22.8. The van der Waals surface area contributed by atoms with Crippen LogP contribution in [-0.2, 0) is 9.47 Å². The Balaban J connectivity index is 1.37. The van der Waals surface area contributed by atoms with Gasteiger partial charge in [-0.1, -0.05) is 52.2 Å². The minimum absolute atomic E-state index is 0.103. The summed E-state index contributed by atoms with van der Waals surface area (Å²) in [6, 6.07) is 0. The number of fused-ring (bicyclic) bond motifs is 5. The number of methoxy groups -OCH3 is 1. The molecule has 0 bridgehead atoms. The summed E-state index contributed by atoms with van der Waals surface area (Å²) < 4.78 is 12.9. The van der Waals surface area contributed by atoms with Crippen LogP contribution in [-0.4, -0.2) is 24.9 Å². The average Bonchev–Trinajstić information content (AvgIpc) is 3.24. The Hall–Kier alpha value is -0.340. The summed E-state index contributed by atoms with van der Waals surface area (Å²) in [5.74, 6) is 5.70. The first-order chi connectivity index (χ1) is 15.7. The summed E-state index contributed by atoms with van der Waals surface area (Å²) >= 11 is 0. The number of ether oxygens (including phenoxy) is 2. The van der Waals surface area contributed by atoms with Gasteiger partial charge in [0.25, 0.3) is 0 Å². The molecule has 0 unspecified atom stereocenters. The molecule has 33 heavy (non-hydrogen) atoms. The molecule has 0 amide bonds. The summed E-state index contributed by atoms with van der Waals surface area (Å²) in [5.41, 5.74) is 4.25. The summed E-state index contributed by atoms with van der Waals surface area (Å²) in [4.78, 5) is 0. The maximum atomic E-state index is 7.12. The van der Waals surface area contributed by atoms with Gasteiger partial charge in [0.05, 0.1) is 17.8 Å². The SMILES string of the molecule is CC[C@@H](C)C[C@H]1O[C@]2(CC[C@@H]3C(=C(C)C2)C[C@H]2[C@H]3CC[C@@H]3C[C@H](OC)CC[C@@]32C)[C@H](C)[C@@H]1C. The second-order valence-electron chi connectivity index (χ2n) is 13.6. The van der Waals surface area contributed by atoms with Crippen molar-refractivity contribution in [1.82, 2.24) is 0 Å². The average molecular weight is 457 g/mol. The summed E-state index contributed by atoms with van der Waals surface area (Å²) in [7, 11) is 1.93. The van der Waals surface area contributed by atoms with Crippen molar-refractivity contribution in [2.75, 3.05) is 7.11 Å². The van der Waals surface area contributed by atoms with Gasteiger partial charge >= 0.3 is 0 Å². The highest BCUT2D eigenvalue weighted by molar-refractivity contribution is 5.28. The smallest absolute Gasteiger partial charge is 0.0752 e. The third-order valence-corrected chi connectivity index (χ3v) is 12.3. The minimum atomic E-state index is 0.103. The van der Waals surface area contributed by atoms with E-state index in [0.29, 0.717) is 29.5 Å². The quantitative estimate of drug-likeness (QED) is 0.397. The zero-order chi connectivity index (χ0) is 23.5. The van der Waals surface area contributed by atoms with Crippen molar-refractivity contribution in [1.29, 1.82) is 0 Å². The highest BCUT2D eigenvalue weighted by Crippen LogP contribution is 2.65. The molecule has 1 heterocycles. The van der Waals surface area contributed by atoms with E-state index in [2.05, 4.69) is 41.5 Å². The molecule has 0 aromatic rings. The molecule has 188 valence electrons.